The third-order valence-corrected chi connectivity index (χ3v) is 0.896. The van der Waals surface area contributed by atoms with Gasteiger partial charge < -0.3 is 15.6 Å². The van der Waals surface area contributed by atoms with E-state index in [1.54, 1.807) is 6.92 Å². The molecule has 3 N–H and O–H groups in total. The molecule has 10 heavy (non-hydrogen) atoms. The average molecular weight is 145 g/mol. The van der Waals surface area contributed by atoms with Crippen molar-refractivity contribution in [2.75, 3.05) is 13.2 Å². The van der Waals surface area contributed by atoms with Gasteiger partial charge in [-0.15, -0.1) is 0 Å². The molecule has 0 rings (SSSR count). The first-order valence-electron chi connectivity index (χ1n) is 2.89. The number of ether oxygens (including phenoxy) is 1. The van der Waals surface area contributed by atoms with Gasteiger partial charge in [0.15, 0.2) is 0 Å². The van der Waals surface area contributed by atoms with Crippen molar-refractivity contribution in [2.24, 2.45) is 5.73 Å². The average Bonchev–Trinajstić information content (AvgIpc) is 1.98. The third kappa shape index (κ3) is 3.09. The number of carbonyl (C=O) groups is 1. The van der Waals surface area contributed by atoms with Gasteiger partial charge in [0.25, 0.3) is 0 Å². The lowest BCUT2D eigenvalue weighted by Crippen LogP contribution is -2.10. The molecule has 0 unspecified atom stereocenters. The molecule has 0 saturated heterocycles. The highest BCUT2D eigenvalue weighted by atomic mass is 16.5. The molecule has 0 heterocycles. The van der Waals surface area contributed by atoms with Gasteiger partial charge in [0.05, 0.1) is 6.61 Å². The van der Waals surface area contributed by atoms with Gasteiger partial charge in [-0.2, -0.15) is 0 Å². The van der Waals surface area contributed by atoms with Crippen molar-refractivity contribution in [1.82, 2.24) is 0 Å². The molecule has 0 fully saturated rings. The Morgan fingerprint density at radius 1 is 1.80 bits per heavy atom. The molecule has 0 aliphatic rings. The summed E-state index contributed by atoms with van der Waals surface area (Å²) in [4.78, 5) is 10.7. The Morgan fingerprint density at radius 2 is 2.40 bits per heavy atom. The molecule has 0 aromatic heterocycles. The highest BCUT2D eigenvalue weighted by molar-refractivity contribution is 5.87. The molecular weight excluding hydrogens is 134 g/mol. The first-order chi connectivity index (χ1) is 4.72. The topological polar surface area (TPSA) is 72.6 Å². The predicted molar refractivity (Wildman–Crippen MR) is 36.0 cm³/mol. The Labute approximate surface area is 59.3 Å². The van der Waals surface area contributed by atoms with Gasteiger partial charge in [-0.25, -0.2) is 4.79 Å². The minimum Gasteiger partial charge on any atom is -0.460 e. The lowest BCUT2D eigenvalue weighted by Gasteiger charge is -2.00. The predicted octanol–water partition coefficient (Wildman–Crippen LogP) is -0.616. The lowest BCUT2D eigenvalue weighted by molar-refractivity contribution is -0.139. The molecule has 58 valence electrons. The fourth-order valence-corrected chi connectivity index (χ4v) is 0.320. The molecule has 0 saturated carbocycles. The van der Waals surface area contributed by atoms with E-state index in [0.717, 1.165) is 0 Å². The van der Waals surface area contributed by atoms with Crippen molar-refractivity contribution < 1.29 is 14.6 Å². The van der Waals surface area contributed by atoms with Crippen LogP contribution in [0.4, 0.5) is 0 Å². The smallest absolute Gasteiger partial charge is 0.335 e. The van der Waals surface area contributed by atoms with Crippen LogP contribution in [0.1, 0.15) is 6.92 Å². The third-order valence-electron chi connectivity index (χ3n) is 0.896. The maximum absolute atomic E-state index is 10.7. The summed E-state index contributed by atoms with van der Waals surface area (Å²) >= 11 is 0. The van der Waals surface area contributed by atoms with Crippen molar-refractivity contribution in [3.8, 4) is 0 Å². The number of aliphatic hydroxyl groups excluding tert-OH is 1. The monoisotopic (exact) mass is 145 g/mol. The second kappa shape index (κ2) is 4.81. The van der Waals surface area contributed by atoms with Crippen LogP contribution < -0.4 is 5.73 Å². The normalized spacial score (nSPS) is 11.2. The van der Waals surface area contributed by atoms with Crippen LogP contribution in [-0.2, 0) is 9.53 Å². The zero-order valence-corrected chi connectivity index (χ0v) is 5.83. The van der Waals surface area contributed by atoms with Crippen LogP contribution >= 0.6 is 0 Å². The van der Waals surface area contributed by atoms with E-state index >= 15 is 0 Å². The zero-order chi connectivity index (χ0) is 7.98. The number of hydrogen-bond acceptors (Lipinski definition) is 4. The zero-order valence-electron chi connectivity index (χ0n) is 5.83. The molecule has 0 aromatic rings. The van der Waals surface area contributed by atoms with E-state index in [9.17, 15) is 4.79 Å². The Morgan fingerprint density at radius 3 is 2.80 bits per heavy atom. The summed E-state index contributed by atoms with van der Waals surface area (Å²) in [5.74, 6) is -0.489. The number of aliphatic hydroxyl groups is 1. The van der Waals surface area contributed by atoms with E-state index in [4.69, 9.17) is 10.8 Å². The van der Waals surface area contributed by atoms with E-state index in [1.807, 2.05) is 0 Å². The minimum atomic E-state index is -0.489. The number of hydrogen-bond donors (Lipinski definition) is 2. The molecule has 0 spiro atoms. The second-order valence-corrected chi connectivity index (χ2v) is 1.71. The van der Waals surface area contributed by atoms with Crippen LogP contribution in [0.3, 0.4) is 0 Å². The number of nitrogens with two attached hydrogens (primary N) is 1. The Kier molecular flexibility index (Phi) is 4.32. The quantitative estimate of drug-likeness (QED) is 0.410. The summed E-state index contributed by atoms with van der Waals surface area (Å²) in [6.45, 7) is 1.40. The fraction of sp³-hybridized carbons (Fsp3) is 0.500. The van der Waals surface area contributed by atoms with E-state index in [0.29, 0.717) is 5.57 Å². The van der Waals surface area contributed by atoms with E-state index in [1.165, 1.54) is 6.20 Å². The maximum atomic E-state index is 10.7. The summed E-state index contributed by atoms with van der Waals surface area (Å²) < 4.78 is 4.51. The van der Waals surface area contributed by atoms with Crippen LogP contribution in [0.15, 0.2) is 11.8 Å². The van der Waals surface area contributed by atoms with Gasteiger partial charge >= 0.3 is 5.97 Å². The largest absolute Gasteiger partial charge is 0.460 e. The molecule has 4 heteroatoms. The van der Waals surface area contributed by atoms with Crippen molar-refractivity contribution in [1.29, 1.82) is 0 Å². The van der Waals surface area contributed by atoms with E-state index < -0.39 is 5.97 Å². The van der Waals surface area contributed by atoms with Crippen LogP contribution in [0.25, 0.3) is 0 Å². The molecule has 0 aliphatic carbocycles. The molecule has 0 bridgehead atoms. The van der Waals surface area contributed by atoms with Crippen molar-refractivity contribution in [2.45, 2.75) is 6.92 Å². The molecule has 0 aromatic carbocycles. The SMILES string of the molecule is C/C(=C\N)C(=O)OCCO. The van der Waals surface area contributed by atoms with Gasteiger partial charge in [0.1, 0.15) is 6.61 Å². The van der Waals surface area contributed by atoms with Crippen molar-refractivity contribution in [3.05, 3.63) is 11.8 Å². The van der Waals surface area contributed by atoms with Gasteiger partial charge in [-0.1, -0.05) is 0 Å². The van der Waals surface area contributed by atoms with Gasteiger partial charge in [-0.3, -0.25) is 0 Å². The highest BCUT2D eigenvalue weighted by Crippen LogP contribution is 1.92. The van der Waals surface area contributed by atoms with Crippen LogP contribution in [0, 0.1) is 0 Å². The molecule has 0 aliphatic heterocycles. The van der Waals surface area contributed by atoms with Gasteiger partial charge in [0.2, 0.25) is 0 Å². The minimum absolute atomic E-state index is 0.0179. The van der Waals surface area contributed by atoms with Gasteiger partial charge in [-0.05, 0) is 6.92 Å². The van der Waals surface area contributed by atoms with E-state index in [-0.39, 0.29) is 13.2 Å². The standard InChI is InChI=1S/C6H11NO3/c1-5(4-7)6(9)10-3-2-8/h4,8H,2-3,7H2,1H3/b5-4+. The number of rotatable bonds is 3. The van der Waals surface area contributed by atoms with E-state index in [2.05, 4.69) is 4.74 Å². The second-order valence-electron chi connectivity index (χ2n) is 1.71. The molecular formula is C6H11NO3. The summed E-state index contributed by atoms with van der Waals surface area (Å²) in [6, 6.07) is 0. The van der Waals surface area contributed by atoms with Crippen LogP contribution in [-0.4, -0.2) is 24.3 Å². The van der Waals surface area contributed by atoms with Crippen LogP contribution in [0.5, 0.6) is 0 Å². The number of esters is 1. The van der Waals surface area contributed by atoms with Crippen molar-refractivity contribution >= 4 is 5.97 Å². The Balaban J connectivity index is 3.63. The Bertz CT molecular complexity index is 142. The Hall–Kier alpha value is -1.03. The number of carbonyl (C=O) groups excluding carboxylic acids is 1. The first kappa shape index (κ1) is 8.97. The fourth-order valence-electron chi connectivity index (χ4n) is 0.320. The van der Waals surface area contributed by atoms with Gasteiger partial charge in [0, 0.05) is 11.8 Å². The summed E-state index contributed by atoms with van der Waals surface area (Å²) in [5.41, 5.74) is 5.36. The van der Waals surface area contributed by atoms with Crippen molar-refractivity contribution in [3.63, 3.8) is 0 Å². The highest BCUT2D eigenvalue weighted by Gasteiger charge is 2.02. The summed E-state index contributed by atoms with van der Waals surface area (Å²) in [7, 11) is 0. The molecule has 4 nitrogen and oxygen atoms in total. The van der Waals surface area contributed by atoms with Crippen LogP contribution in [0.2, 0.25) is 0 Å². The molecule has 0 amide bonds. The lowest BCUT2D eigenvalue weighted by atomic mass is 10.3. The molecule has 0 radical (unpaired) electrons. The maximum Gasteiger partial charge on any atom is 0.335 e. The molecule has 0 atom stereocenters. The first-order valence-corrected chi connectivity index (χ1v) is 2.89. The summed E-state index contributed by atoms with van der Waals surface area (Å²) in [6.07, 6.45) is 1.17. The summed E-state index contributed by atoms with van der Waals surface area (Å²) in [5, 5.41) is 8.24.